The van der Waals surface area contributed by atoms with E-state index in [1.807, 2.05) is 0 Å². The third-order valence-corrected chi connectivity index (χ3v) is 5.00. The predicted molar refractivity (Wildman–Crippen MR) is 76.1 cm³/mol. The molecule has 1 nitrogen and oxygen atoms in total. The molecule has 1 fully saturated rings. The van der Waals surface area contributed by atoms with Gasteiger partial charge in [-0.2, -0.15) is 0 Å². The highest BCUT2D eigenvalue weighted by Gasteiger charge is 2.33. The first kappa shape index (κ1) is 12.9. The van der Waals surface area contributed by atoms with Crippen LogP contribution in [-0.4, -0.2) is 11.9 Å². The Kier molecular flexibility index (Phi) is 4.13. The van der Waals surface area contributed by atoms with E-state index in [2.05, 4.69) is 48.0 Å². The topological polar surface area (TPSA) is 9.23 Å². The molecule has 0 spiro atoms. The summed E-state index contributed by atoms with van der Waals surface area (Å²) in [5.41, 5.74) is 2.91. The second-order valence-corrected chi connectivity index (χ2v) is 5.96. The molecule has 1 aliphatic rings. The van der Waals surface area contributed by atoms with Gasteiger partial charge in [0, 0.05) is 10.7 Å². The maximum absolute atomic E-state index is 6.04. The van der Waals surface area contributed by atoms with Gasteiger partial charge >= 0.3 is 0 Å². The van der Waals surface area contributed by atoms with Gasteiger partial charge in [-0.15, -0.1) is 0 Å². The second-order valence-electron chi connectivity index (χ2n) is 5.40. The van der Waals surface area contributed by atoms with Crippen LogP contribution in [-0.2, 0) is 0 Å². The van der Waals surface area contributed by atoms with Crippen molar-refractivity contribution in [2.75, 3.05) is 11.9 Å². The summed E-state index contributed by atoms with van der Waals surface area (Å²) in [6.45, 7) is 5.09. The Balaban J connectivity index is 2.01. The molecule has 0 aliphatic heterocycles. The average molecular weight is 297 g/mol. The molecule has 0 N–H and O–H groups in total. The summed E-state index contributed by atoms with van der Waals surface area (Å²) >= 11 is 3.66. The van der Waals surface area contributed by atoms with Gasteiger partial charge in [-0.1, -0.05) is 46.5 Å². The zero-order valence-corrected chi connectivity index (χ0v) is 12.3. The summed E-state index contributed by atoms with van der Waals surface area (Å²) in [6, 6.07) is 6.41. The Labute approximate surface area is 113 Å². The van der Waals surface area contributed by atoms with Gasteiger partial charge in [0.15, 0.2) is 0 Å². The zero-order valence-electron chi connectivity index (χ0n) is 10.8. The first-order valence-electron chi connectivity index (χ1n) is 6.41. The van der Waals surface area contributed by atoms with Crippen LogP contribution in [0, 0.1) is 19.3 Å². The highest BCUT2D eigenvalue weighted by molar-refractivity contribution is 9.09. The van der Waals surface area contributed by atoms with E-state index in [0.29, 0.717) is 5.41 Å². The molecular weight excluding hydrogens is 276 g/mol. The zero-order chi connectivity index (χ0) is 12.3. The molecule has 0 atom stereocenters. The number of hydrogen-bond acceptors (Lipinski definition) is 1. The molecule has 0 bridgehead atoms. The van der Waals surface area contributed by atoms with E-state index in [1.165, 1.54) is 36.8 Å². The lowest BCUT2D eigenvalue weighted by Gasteiger charge is -2.26. The number of ether oxygens (including phenoxy) is 1. The molecular formula is C15H21BrO. The van der Waals surface area contributed by atoms with Crippen molar-refractivity contribution in [2.24, 2.45) is 5.41 Å². The number of hydrogen-bond donors (Lipinski definition) is 0. The molecule has 0 unspecified atom stereocenters. The van der Waals surface area contributed by atoms with Crippen molar-refractivity contribution in [1.29, 1.82) is 0 Å². The normalized spacial score (nSPS) is 18.3. The van der Waals surface area contributed by atoms with Crippen molar-refractivity contribution in [3.63, 3.8) is 0 Å². The summed E-state index contributed by atoms with van der Waals surface area (Å²) in [7, 11) is 0. The fourth-order valence-corrected chi connectivity index (χ4v) is 3.36. The first-order valence-corrected chi connectivity index (χ1v) is 7.53. The Morgan fingerprint density at radius 3 is 2.53 bits per heavy atom. The smallest absolute Gasteiger partial charge is 0.122 e. The van der Waals surface area contributed by atoms with Crippen molar-refractivity contribution in [1.82, 2.24) is 0 Å². The first-order chi connectivity index (χ1) is 8.15. The molecule has 0 aromatic heterocycles. The number of alkyl halides is 1. The average Bonchev–Trinajstić information content (AvgIpc) is 2.77. The van der Waals surface area contributed by atoms with Gasteiger partial charge in [0.05, 0.1) is 6.61 Å². The number of benzene rings is 1. The standard InChI is InChI=1S/C15H21BrO/c1-12-5-6-14(13(2)9-12)17-11-15(10-16)7-3-4-8-15/h5-6,9H,3-4,7-8,10-11H2,1-2H3. The van der Waals surface area contributed by atoms with E-state index < -0.39 is 0 Å². The minimum atomic E-state index is 0.372. The van der Waals surface area contributed by atoms with Crippen LogP contribution in [0.4, 0.5) is 0 Å². The van der Waals surface area contributed by atoms with Crippen molar-refractivity contribution in [3.05, 3.63) is 29.3 Å². The Morgan fingerprint density at radius 1 is 1.24 bits per heavy atom. The van der Waals surface area contributed by atoms with Crippen molar-refractivity contribution < 1.29 is 4.74 Å². The van der Waals surface area contributed by atoms with Gasteiger partial charge in [0.1, 0.15) is 5.75 Å². The fraction of sp³-hybridized carbons (Fsp3) is 0.600. The molecule has 17 heavy (non-hydrogen) atoms. The minimum Gasteiger partial charge on any atom is -0.493 e. The number of aryl methyl sites for hydroxylation is 2. The molecule has 0 amide bonds. The van der Waals surface area contributed by atoms with Crippen LogP contribution in [0.3, 0.4) is 0 Å². The summed E-state index contributed by atoms with van der Waals surface area (Å²) in [5.74, 6) is 1.04. The van der Waals surface area contributed by atoms with Gasteiger partial charge in [-0.25, -0.2) is 0 Å². The van der Waals surface area contributed by atoms with E-state index in [4.69, 9.17) is 4.74 Å². The molecule has 1 aromatic carbocycles. The monoisotopic (exact) mass is 296 g/mol. The number of halogens is 1. The van der Waals surface area contributed by atoms with Crippen LogP contribution in [0.5, 0.6) is 5.75 Å². The SMILES string of the molecule is Cc1ccc(OCC2(CBr)CCCC2)c(C)c1. The van der Waals surface area contributed by atoms with Crippen LogP contribution < -0.4 is 4.74 Å². The third-order valence-electron chi connectivity index (χ3n) is 3.81. The Morgan fingerprint density at radius 2 is 1.94 bits per heavy atom. The van der Waals surface area contributed by atoms with E-state index in [0.717, 1.165) is 17.7 Å². The maximum Gasteiger partial charge on any atom is 0.122 e. The van der Waals surface area contributed by atoms with Crippen LogP contribution in [0.25, 0.3) is 0 Å². The summed E-state index contributed by atoms with van der Waals surface area (Å²) < 4.78 is 6.04. The number of rotatable bonds is 4. The predicted octanol–water partition coefficient (Wildman–Crippen LogP) is 4.64. The molecule has 1 aliphatic carbocycles. The largest absolute Gasteiger partial charge is 0.493 e. The highest BCUT2D eigenvalue weighted by atomic mass is 79.9. The van der Waals surface area contributed by atoms with Gasteiger partial charge in [-0.05, 0) is 38.3 Å². The molecule has 2 rings (SSSR count). The van der Waals surface area contributed by atoms with Gasteiger partial charge in [0.2, 0.25) is 0 Å². The summed E-state index contributed by atoms with van der Waals surface area (Å²) in [4.78, 5) is 0. The Bertz CT molecular complexity index is 381. The van der Waals surface area contributed by atoms with Crippen LogP contribution in [0.2, 0.25) is 0 Å². The second kappa shape index (κ2) is 5.43. The van der Waals surface area contributed by atoms with E-state index in [-0.39, 0.29) is 0 Å². The Hall–Kier alpha value is -0.500. The third kappa shape index (κ3) is 3.04. The van der Waals surface area contributed by atoms with Crippen molar-refractivity contribution in [2.45, 2.75) is 39.5 Å². The summed E-state index contributed by atoms with van der Waals surface area (Å²) in [6.07, 6.45) is 5.29. The molecule has 0 heterocycles. The molecule has 94 valence electrons. The maximum atomic E-state index is 6.04. The minimum absolute atomic E-state index is 0.372. The lowest BCUT2D eigenvalue weighted by Crippen LogP contribution is -2.27. The van der Waals surface area contributed by atoms with E-state index >= 15 is 0 Å². The van der Waals surface area contributed by atoms with Crippen LogP contribution in [0.15, 0.2) is 18.2 Å². The molecule has 2 heteroatoms. The van der Waals surface area contributed by atoms with Crippen molar-refractivity contribution >= 4 is 15.9 Å². The fourth-order valence-electron chi connectivity index (χ4n) is 2.63. The molecule has 0 saturated heterocycles. The lowest BCUT2D eigenvalue weighted by molar-refractivity contribution is 0.173. The quantitative estimate of drug-likeness (QED) is 0.736. The van der Waals surface area contributed by atoms with Gasteiger partial charge in [-0.3, -0.25) is 0 Å². The van der Waals surface area contributed by atoms with Gasteiger partial charge in [0.25, 0.3) is 0 Å². The van der Waals surface area contributed by atoms with Gasteiger partial charge < -0.3 is 4.74 Å². The van der Waals surface area contributed by atoms with Crippen LogP contribution in [0.1, 0.15) is 36.8 Å². The summed E-state index contributed by atoms with van der Waals surface area (Å²) in [5, 5.41) is 1.06. The lowest BCUT2D eigenvalue weighted by atomic mass is 9.90. The van der Waals surface area contributed by atoms with E-state index in [9.17, 15) is 0 Å². The van der Waals surface area contributed by atoms with Crippen LogP contribution >= 0.6 is 15.9 Å². The highest BCUT2D eigenvalue weighted by Crippen LogP contribution is 2.40. The molecule has 1 aromatic rings. The van der Waals surface area contributed by atoms with E-state index in [1.54, 1.807) is 0 Å². The molecule has 1 saturated carbocycles. The van der Waals surface area contributed by atoms with Crippen molar-refractivity contribution in [3.8, 4) is 5.75 Å². The molecule has 0 radical (unpaired) electrons.